The quantitative estimate of drug-likeness (QED) is 0.362. The van der Waals surface area contributed by atoms with Crippen molar-refractivity contribution in [3.63, 3.8) is 0 Å². The lowest BCUT2D eigenvalue weighted by Gasteiger charge is -2.06. The summed E-state index contributed by atoms with van der Waals surface area (Å²) in [6.45, 7) is 2.94. The van der Waals surface area contributed by atoms with E-state index in [0.717, 1.165) is 50.1 Å². The molecule has 0 unspecified atom stereocenters. The van der Waals surface area contributed by atoms with Gasteiger partial charge in [-0.25, -0.2) is 4.98 Å². The molecule has 0 amide bonds. The second-order valence-corrected chi connectivity index (χ2v) is 8.09. The fourth-order valence-corrected chi connectivity index (χ4v) is 4.67. The van der Waals surface area contributed by atoms with Crippen molar-refractivity contribution in [2.45, 2.75) is 24.4 Å². The normalized spacial score (nSPS) is 11.0. The van der Waals surface area contributed by atoms with Crippen LogP contribution in [0.15, 0.2) is 65.1 Å². The number of hydrogen-bond donors (Lipinski definition) is 0. The summed E-state index contributed by atoms with van der Waals surface area (Å²) in [4.78, 5) is 4.74. The van der Waals surface area contributed by atoms with Crippen LogP contribution in [0, 0.1) is 0 Å². The van der Waals surface area contributed by atoms with E-state index < -0.39 is 0 Å². The monoisotopic (exact) mass is 412 g/mol. The maximum atomic E-state index is 5.96. The number of benzene rings is 2. The van der Waals surface area contributed by atoms with Gasteiger partial charge in [0.1, 0.15) is 5.01 Å². The van der Waals surface area contributed by atoms with Gasteiger partial charge < -0.3 is 4.57 Å². The molecule has 0 N–H and O–H groups in total. The fraction of sp³-hybridized carbons (Fsp3) is 0.150. The molecule has 27 heavy (non-hydrogen) atoms. The van der Waals surface area contributed by atoms with Crippen LogP contribution in [-0.4, -0.2) is 19.7 Å². The molecule has 0 aliphatic carbocycles. The first-order valence-corrected chi connectivity index (χ1v) is 10.8. The van der Waals surface area contributed by atoms with Crippen LogP contribution in [0.4, 0.5) is 0 Å². The van der Waals surface area contributed by atoms with Crippen LogP contribution in [0.5, 0.6) is 0 Å². The molecule has 7 heteroatoms. The highest BCUT2D eigenvalue weighted by molar-refractivity contribution is 7.98. The highest BCUT2D eigenvalue weighted by Gasteiger charge is 2.14. The largest absolute Gasteiger partial charge is 0.302 e. The predicted octanol–water partition coefficient (Wildman–Crippen LogP) is 6.03. The van der Waals surface area contributed by atoms with E-state index in [9.17, 15) is 0 Å². The van der Waals surface area contributed by atoms with Crippen molar-refractivity contribution in [2.24, 2.45) is 0 Å². The molecule has 0 atom stereocenters. The van der Waals surface area contributed by atoms with E-state index in [1.165, 1.54) is 0 Å². The Kier molecular flexibility index (Phi) is 5.57. The molecule has 0 aliphatic heterocycles. The van der Waals surface area contributed by atoms with E-state index in [1.807, 2.05) is 42.5 Å². The minimum absolute atomic E-state index is 0.735. The van der Waals surface area contributed by atoms with Crippen molar-refractivity contribution in [3.05, 3.63) is 70.7 Å². The predicted molar refractivity (Wildman–Crippen MR) is 113 cm³/mol. The third-order valence-corrected chi connectivity index (χ3v) is 6.25. The Morgan fingerprint density at radius 1 is 1.00 bits per heavy atom. The van der Waals surface area contributed by atoms with Crippen LogP contribution in [-0.2, 0) is 12.3 Å². The van der Waals surface area contributed by atoms with Crippen LogP contribution in [0.3, 0.4) is 0 Å². The van der Waals surface area contributed by atoms with Gasteiger partial charge in [0, 0.05) is 33.8 Å². The maximum Gasteiger partial charge on any atom is 0.191 e. The number of aromatic nitrogens is 4. The van der Waals surface area contributed by atoms with Crippen molar-refractivity contribution >= 4 is 34.7 Å². The number of hydrogen-bond acceptors (Lipinski definition) is 5. The average Bonchev–Trinajstić information content (AvgIpc) is 3.34. The molecule has 0 saturated heterocycles. The molecule has 0 fully saturated rings. The van der Waals surface area contributed by atoms with Crippen LogP contribution < -0.4 is 0 Å². The van der Waals surface area contributed by atoms with Gasteiger partial charge in [0.2, 0.25) is 0 Å². The summed E-state index contributed by atoms with van der Waals surface area (Å²) < 4.78 is 2.15. The molecule has 2 heterocycles. The number of halogens is 1. The fourth-order valence-electron chi connectivity index (χ4n) is 2.72. The maximum absolute atomic E-state index is 5.96. The molecule has 4 aromatic rings. The van der Waals surface area contributed by atoms with Gasteiger partial charge in [-0.15, -0.1) is 21.5 Å². The smallest absolute Gasteiger partial charge is 0.191 e. The van der Waals surface area contributed by atoms with Crippen LogP contribution in [0.1, 0.15) is 12.6 Å². The Morgan fingerprint density at radius 3 is 2.52 bits per heavy atom. The third-order valence-electron chi connectivity index (χ3n) is 4.06. The molecule has 4 nitrogen and oxygen atoms in total. The topological polar surface area (TPSA) is 43.6 Å². The first-order chi connectivity index (χ1) is 13.2. The minimum Gasteiger partial charge on any atom is -0.302 e. The molecule has 0 aliphatic rings. The summed E-state index contributed by atoms with van der Waals surface area (Å²) in [5, 5.41) is 13.5. The van der Waals surface area contributed by atoms with Crippen molar-refractivity contribution in [1.29, 1.82) is 0 Å². The van der Waals surface area contributed by atoms with Gasteiger partial charge in [-0.2, -0.15) is 0 Å². The third kappa shape index (κ3) is 4.08. The lowest BCUT2D eigenvalue weighted by Crippen LogP contribution is -1.99. The zero-order valence-corrected chi connectivity index (χ0v) is 17.1. The first-order valence-electron chi connectivity index (χ1n) is 8.56. The second kappa shape index (κ2) is 8.25. The zero-order chi connectivity index (χ0) is 18.6. The minimum atomic E-state index is 0.735. The van der Waals surface area contributed by atoms with Gasteiger partial charge >= 0.3 is 0 Å². The Labute approximate surface area is 171 Å². The molecule has 2 aromatic heterocycles. The van der Waals surface area contributed by atoms with E-state index in [1.54, 1.807) is 23.1 Å². The molecular formula is C20H17ClN4S2. The SMILES string of the molecule is CCn1c(SCc2csc(-c3ccc(Cl)cc3)n2)nnc1-c1ccccc1. The number of nitrogens with zero attached hydrogens (tertiary/aromatic N) is 4. The van der Waals surface area contributed by atoms with E-state index in [4.69, 9.17) is 16.6 Å². The van der Waals surface area contributed by atoms with E-state index in [2.05, 4.69) is 39.2 Å². The summed E-state index contributed by atoms with van der Waals surface area (Å²) in [6.07, 6.45) is 0. The molecule has 2 aromatic carbocycles. The zero-order valence-electron chi connectivity index (χ0n) is 14.7. The van der Waals surface area contributed by atoms with Gasteiger partial charge in [0.25, 0.3) is 0 Å². The molecule has 0 bridgehead atoms. The summed E-state index contributed by atoms with van der Waals surface area (Å²) in [5.74, 6) is 1.66. The number of thiazole rings is 1. The van der Waals surface area contributed by atoms with Gasteiger partial charge in [-0.3, -0.25) is 0 Å². The molecule has 4 rings (SSSR count). The van der Waals surface area contributed by atoms with Crippen molar-refractivity contribution in [2.75, 3.05) is 0 Å². The summed E-state index contributed by atoms with van der Waals surface area (Å²) in [5.41, 5.74) is 3.21. The van der Waals surface area contributed by atoms with E-state index in [0.29, 0.717) is 0 Å². The standard InChI is InChI=1S/C20H17ClN4S2/c1-2-25-18(14-6-4-3-5-7-14)23-24-20(25)27-13-17-12-26-19(22-17)15-8-10-16(21)11-9-15/h3-12H,2,13H2,1H3. The van der Waals surface area contributed by atoms with Crippen molar-refractivity contribution < 1.29 is 0 Å². The first kappa shape index (κ1) is 18.2. The summed E-state index contributed by atoms with van der Waals surface area (Å²) in [6, 6.07) is 17.9. The Morgan fingerprint density at radius 2 is 1.78 bits per heavy atom. The lowest BCUT2D eigenvalue weighted by molar-refractivity contribution is 0.687. The highest BCUT2D eigenvalue weighted by Crippen LogP contribution is 2.29. The molecule has 0 radical (unpaired) electrons. The Hall–Kier alpha value is -2.15. The molecule has 136 valence electrons. The van der Waals surface area contributed by atoms with Crippen molar-refractivity contribution in [1.82, 2.24) is 19.7 Å². The average molecular weight is 413 g/mol. The second-order valence-electron chi connectivity index (χ2n) is 5.86. The van der Waals surface area contributed by atoms with Crippen LogP contribution >= 0.6 is 34.7 Å². The van der Waals surface area contributed by atoms with Gasteiger partial charge in [-0.1, -0.05) is 65.8 Å². The lowest BCUT2D eigenvalue weighted by atomic mass is 10.2. The van der Waals surface area contributed by atoms with Crippen LogP contribution in [0.25, 0.3) is 22.0 Å². The van der Waals surface area contributed by atoms with Crippen LogP contribution in [0.2, 0.25) is 5.02 Å². The van der Waals surface area contributed by atoms with Gasteiger partial charge in [-0.05, 0) is 19.1 Å². The number of thioether (sulfide) groups is 1. The molecule has 0 spiro atoms. The summed E-state index contributed by atoms with van der Waals surface area (Å²) in [7, 11) is 0. The van der Waals surface area contributed by atoms with Gasteiger partial charge in [0.05, 0.1) is 5.69 Å². The molecular weight excluding hydrogens is 396 g/mol. The Balaban J connectivity index is 1.50. The van der Waals surface area contributed by atoms with Gasteiger partial charge in [0.15, 0.2) is 11.0 Å². The Bertz CT molecular complexity index is 1030. The van der Waals surface area contributed by atoms with E-state index >= 15 is 0 Å². The van der Waals surface area contributed by atoms with Crippen molar-refractivity contribution in [3.8, 4) is 22.0 Å². The highest BCUT2D eigenvalue weighted by atomic mass is 35.5. The van der Waals surface area contributed by atoms with E-state index in [-0.39, 0.29) is 0 Å². The summed E-state index contributed by atoms with van der Waals surface area (Å²) >= 11 is 9.27. The number of rotatable bonds is 6. The molecule has 0 saturated carbocycles.